The Morgan fingerprint density at radius 3 is 2.75 bits per heavy atom. The molecule has 1 N–H and O–H groups in total. The maximum atomic E-state index is 11.8. The summed E-state index contributed by atoms with van der Waals surface area (Å²) < 4.78 is 10.4. The average Bonchev–Trinajstić information content (AvgIpc) is 2.96. The van der Waals surface area contributed by atoms with Gasteiger partial charge in [-0.3, -0.25) is 9.59 Å². The van der Waals surface area contributed by atoms with Crippen LogP contribution in [-0.2, 0) is 23.9 Å². The molecule has 0 amide bonds. The summed E-state index contributed by atoms with van der Waals surface area (Å²) in [5.74, 6) is -3.51. The van der Waals surface area contributed by atoms with Gasteiger partial charge in [0.15, 0.2) is 0 Å². The van der Waals surface area contributed by atoms with Gasteiger partial charge in [-0.05, 0) is 19.3 Å². The quantitative estimate of drug-likeness (QED) is 0.599. The first kappa shape index (κ1) is 13.1. The minimum atomic E-state index is -0.962. The number of carbonyl (C=O) groups excluding carboxylic acids is 2. The molecule has 1 aliphatic heterocycles. The number of esters is 2. The summed E-state index contributed by atoms with van der Waals surface area (Å²) >= 11 is 0. The van der Waals surface area contributed by atoms with Crippen molar-refractivity contribution in [2.24, 2.45) is 29.6 Å². The molecule has 0 radical (unpaired) electrons. The van der Waals surface area contributed by atoms with Crippen molar-refractivity contribution in [2.45, 2.75) is 19.4 Å². The predicted molar refractivity (Wildman–Crippen MR) is 65.4 cm³/mol. The van der Waals surface area contributed by atoms with Crippen LogP contribution in [0.5, 0.6) is 0 Å². The largest absolute Gasteiger partial charge is 0.481 e. The number of carboxylic acid groups (broad SMARTS) is 1. The first-order valence-corrected chi connectivity index (χ1v) is 6.67. The number of carbonyl (C=O) groups is 3. The summed E-state index contributed by atoms with van der Waals surface area (Å²) in [5, 5.41) is 9.33. The third-order valence-electron chi connectivity index (χ3n) is 4.81. The smallest absolute Gasteiger partial charge is 0.333 e. The van der Waals surface area contributed by atoms with Gasteiger partial charge >= 0.3 is 17.9 Å². The average molecular weight is 280 g/mol. The van der Waals surface area contributed by atoms with Crippen LogP contribution >= 0.6 is 0 Å². The monoisotopic (exact) mass is 280 g/mol. The highest BCUT2D eigenvalue weighted by molar-refractivity contribution is 5.87. The van der Waals surface area contributed by atoms with E-state index in [0.29, 0.717) is 12.0 Å². The molecular weight excluding hydrogens is 264 g/mol. The van der Waals surface area contributed by atoms with Gasteiger partial charge in [0.25, 0.3) is 0 Å². The number of ether oxygens (including phenoxy) is 2. The predicted octanol–water partition coefficient (Wildman–Crippen LogP) is 0.614. The van der Waals surface area contributed by atoms with Crippen molar-refractivity contribution in [3.05, 3.63) is 12.2 Å². The number of carboxylic acids is 1. The summed E-state index contributed by atoms with van der Waals surface area (Å²) in [7, 11) is 0. The van der Waals surface area contributed by atoms with E-state index in [1.807, 2.05) is 0 Å². The summed E-state index contributed by atoms with van der Waals surface area (Å²) in [5.41, 5.74) is 0.296. The van der Waals surface area contributed by atoms with Crippen molar-refractivity contribution >= 4 is 17.9 Å². The van der Waals surface area contributed by atoms with E-state index in [1.165, 1.54) is 0 Å². The van der Waals surface area contributed by atoms with Gasteiger partial charge < -0.3 is 14.6 Å². The molecule has 0 aromatic carbocycles. The van der Waals surface area contributed by atoms with E-state index in [-0.39, 0.29) is 30.5 Å². The maximum Gasteiger partial charge on any atom is 0.333 e. The van der Waals surface area contributed by atoms with Crippen LogP contribution in [-0.4, -0.2) is 35.7 Å². The van der Waals surface area contributed by atoms with Gasteiger partial charge in [0, 0.05) is 17.4 Å². The van der Waals surface area contributed by atoms with E-state index < -0.39 is 29.7 Å². The molecule has 6 unspecified atom stereocenters. The van der Waals surface area contributed by atoms with Gasteiger partial charge in [0.2, 0.25) is 0 Å². The Morgan fingerprint density at radius 1 is 1.45 bits per heavy atom. The molecule has 6 atom stereocenters. The van der Waals surface area contributed by atoms with Crippen LogP contribution in [0.1, 0.15) is 13.3 Å². The van der Waals surface area contributed by atoms with E-state index in [2.05, 4.69) is 6.58 Å². The van der Waals surface area contributed by atoms with Gasteiger partial charge in [0.1, 0.15) is 6.10 Å². The summed E-state index contributed by atoms with van der Waals surface area (Å²) in [6.45, 7) is 5.13. The van der Waals surface area contributed by atoms with Crippen molar-refractivity contribution in [1.29, 1.82) is 0 Å². The van der Waals surface area contributed by atoms with E-state index in [1.54, 1.807) is 6.92 Å². The second-order valence-corrected chi connectivity index (χ2v) is 5.90. The van der Waals surface area contributed by atoms with Crippen LogP contribution in [0.2, 0.25) is 0 Å². The van der Waals surface area contributed by atoms with Crippen LogP contribution in [0.3, 0.4) is 0 Å². The molecule has 0 spiro atoms. The topological polar surface area (TPSA) is 89.9 Å². The molecule has 6 heteroatoms. The number of hydrogen-bond donors (Lipinski definition) is 1. The zero-order valence-corrected chi connectivity index (χ0v) is 11.1. The molecule has 2 bridgehead atoms. The normalized spacial score (nSPS) is 40.5. The molecule has 1 saturated heterocycles. The maximum absolute atomic E-state index is 11.8. The molecule has 0 aromatic heterocycles. The van der Waals surface area contributed by atoms with Crippen molar-refractivity contribution in [2.75, 3.05) is 6.61 Å². The lowest BCUT2D eigenvalue weighted by atomic mass is 9.74. The van der Waals surface area contributed by atoms with E-state index in [0.717, 1.165) is 0 Å². The third-order valence-corrected chi connectivity index (χ3v) is 4.81. The Kier molecular flexibility index (Phi) is 2.84. The van der Waals surface area contributed by atoms with Crippen LogP contribution in [0.4, 0.5) is 0 Å². The minimum absolute atomic E-state index is 0.0397. The van der Waals surface area contributed by atoms with Gasteiger partial charge in [-0.15, -0.1) is 0 Å². The zero-order valence-electron chi connectivity index (χ0n) is 11.1. The van der Waals surface area contributed by atoms with Crippen LogP contribution in [0.25, 0.3) is 0 Å². The Morgan fingerprint density at radius 2 is 2.15 bits per heavy atom. The molecule has 2 aliphatic carbocycles. The molecule has 108 valence electrons. The second kappa shape index (κ2) is 4.33. The van der Waals surface area contributed by atoms with Crippen molar-refractivity contribution in [3.8, 4) is 0 Å². The Labute approximate surface area is 115 Å². The SMILES string of the molecule is C=C(C)C(=O)OCC1C2CC3C1OC(=O)C3C2C(=O)O. The van der Waals surface area contributed by atoms with Crippen molar-refractivity contribution in [3.63, 3.8) is 0 Å². The lowest BCUT2D eigenvalue weighted by Crippen LogP contribution is -2.39. The second-order valence-electron chi connectivity index (χ2n) is 5.90. The minimum Gasteiger partial charge on any atom is -0.481 e. The fourth-order valence-electron chi connectivity index (χ4n) is 4.04. The highest BCUT2D eigenvalue weighted by Gasteiger charge is 2.68. The molecule has 2 saturated carbocycles. The molecule has 3 aliphatic rings. The standard InChI is InChI=1S/C14H16O6/c1-5(2)13(17)19-4-8-6-3-7-10(9(6)12(15)16)14(18)20-11(7)8/h6-11H,1,3-4H2,2H3,(H,15,16). The summed E-state index contributed by atoms with van der Waals surface area (Å²) in [6, 6.07) is 0. The molecule has 0 aromatic rings. The fraction of sp³-hybridized carbons (Fsp3) is 0.643. The molecular formula is C14H16O6. The van der Waals surface area contributed by atoms with Crippen LogP contribution in [0, 0.1) is 29.6 Å². The first-order chi connectivity index (χ1) is 9.41. The van der Waals surface area contributed by atoms with Crippen LogP contribution in [0.15, 0.2) is 12.2 Å². The zero-order chi connectivity index (χ0) is 14.6. The first-order valence-electron chi connectivity index (χ1n) is 6.67. The van der Waals surface area contributed by atoms with E-state index >= 15 is 0 Å². The molecule has 6 nitrogen and oxygen atoms in total. The number of rotatable bonds is 4. The van der Waals surface area contributed by atoms with Gasteiger partial charge in [-0.25, -0.2) is 4.79 Å². The Bertz CT molecular complexity index is 510. The third kappa shape index (κ3) is 1.67. The fourth-order valence-corrected chi connectivity index (χ4v) is 4.04. The molecule has 1 heterocycles. The van der Waals surface area contributed by atoms with Gasteiger partial charge in [-0.1, -0.05) is 6.58 Å². The molecule has 3 fully saturated rings. The summed E-state index contributed by atoms with van der Waals surface area (Å²) in [6.07, 6.45) is 0.360. The van der Waals surface area contributed by atoms with Crippen molar-refractivity contribution in [1.82, 2.24) is 0 Å². The number of hydrogen-bond acceptors (Lipinski definition) is 5. The number of fused-ring (bicyclic) bond motifs is 1. The van der Waals surface area contributed by atoms with Gasteiger partial charge in [-0.2, -0.15) is 0 Å². The summed E-state index contributed by atoms with van der Waals surface area (Å²) in [4.78, 5) is 34.6. The van der Waals surface area contributed by atoms with Crippen LogP contribution < -0.4 is 0 Å². The lowest BCUT2D eigenvalue weighted by Gasteiger charge is -2.29. The van der Waals surface area contributed by atoms with E-state index in [9.17, 15) is 19.5 Å². The van der Waals surface area contributed by atoms with E-state index in [4.69, 9.17) is 9.47 Å². The highest BCUT2D eigenvalue weighted by atomic mass is 16.6. The van der Waals surface area contributed by atoms with Gasteiger partial charge in [0.05, 0.1) is 18.4 Å². The molecule has 3 rings (SSSR count). The Hall–Kier alpha value is -1.85. The number of aliphatic carboxylic acids is 1. The molecule has 20 heavy (non-hydrogen) atoms. The Balaban J connectivity index is 1.77. The lowest BCUT2D eigenvalue weighted by molar-refractivity contribution is -0.151. The highest BCUT2D eigenvalue weighted by Crippen LogP contribution is 2.60. The van der Waals surface area contributed by atoms with Crippen molar-refractivity contribution < 1.29 is 29.0 Å².